The molecule has 10 heteroatoms. The molecule has 0 aliphatic rings. The molecule has 0 radical (unpaired) electrons. The molecule has 0 bridgehead atoms. The molecule has 2 aromatic carbocycles. The number of pyridine rings is 1. The van der Waals surface area contributed by atoms with E-state index in [1.807, 2.05) is 0 Å². The summed E-state index contributed by atoms with van der Waals surface area (Å²) in [4.78, 5) is 36.5. The second-order valence-corrected chi connectivity index (χ2v) is 7.02. The fourth-order valence-electron chi connectivity index (χ4n) is 2.94. The Balaban J connectivity index is 2.07. The number of hydrogen-bond acceptors (Lipinski definition) is 5. The third kappa shape index (κ3) is 4.94. The monoisotopic (exact) mass is 462 g/mol. The number of carbonyl (C=O) groups excluding carboxylic acids is 2. The second kappa shape index (κ2) is 9.61. The Labute approximate surface area is 185 Å². The molecule has 0 unspecified atom stereocenters. The molecule has 7 nitrogen and oxygen atoms in total. The van der Waals surface area contributed by atoms with E-state index in [9.17, 15) is 23.2 Å². The fraction of sp³-hybridized carbons (Fsp3) is 0.136. The number of esters is 1. The average molecular weight is 463 g/mol. The highest BCUT2D eigenvalue weighted by molar-refractivity contribution is 6.31. The molecule has 0 fully saturated rings. The summed E-state index contributed by atoms with van der Waals surface area (Å²) in [5.74, 6) is -3.04. The zero-order valence-corrected chi connectivity index (χ0v) is 17.5. The lowest BCUT2D eigenvalue weighted by molar-refractivity contribution is -0.139. The van der Waals surface area contributed by atoms with Crippen LogP contribution >= 0.6 is 11.6 Å². The number of carbonyl (C=O) groups is 2. The quantitative estimate of drug-likeness (QED) is 0.543. The molecule has 166 valence electrons. The Kier molecular flexibility index (Phi) is 6.89. The van der Waals surface area contributed by atoms with Crippen LogP contribution < -0.4 is 16.0 Å². The van der Waals surface area contributed by atoms with Gasteiger partial charge in [-0.15, -0.1) is 0 Å². The number of hydrogen-bond donors (Lipinski definition) is 1. The summed E-state index contributed by atoms with van der Waals surface area (Å²) in [5.41, 5.74) is 5.12. The third-order valence-corrected chi connectivity index (χ3v) is 4.88. The summed E-state index contributed by atoms with van der Waals surface area (Å²) in [6, 6.07) is 10.2. The smallest absolute Gasteiger partial charge is 0.311 e. The number of halogens is 3. The zero-order chi connectivity index (χ0) is 23.4. The van der Waals surface area contributed by atoms with Crippen LogP contribution in [0.1, 0.15) is 21.6 Å². The Morgan fingerprint density at radius 2 is 1.88 bits per heavy atom. The number of ether oxygens (including phenoxy) is 2. The van der Waals surface area contributed by atoms with Crippen molar-refractivity contribution < 1.29 is 27.8 Å². The van der Waals surface area contributed by atoms with Crippen molar-refractivity contribution in [3.05, 3.63) is 92.4 Å². The Hall–Kier alpha value is -3.72. The highest BCUT2D eigenvalue weighted by Gasteiger charge is 2.19. The van der Waals surface area contributed by atoms with Crippen LogP contribution in [0.3, 0.4) is 0 Å². The van der Waals surface area contributed by atoms with Gasteiger partial charge >= 0.3 is 5.97 Å². The van der Waals surface area contributed by atoms with Crippen molar-refractivity contribution in [3.8, 4) is 11.4 Å². The maximum Gasteiger partial charge on any atom is 0.311 e. The molecule has 2 N–H and O–H groups in total. The normalized spacial score (nSPS) is 10.6. The number of rotatable bonds is 7. The van der Waals surface area contributed by atoms with Gasteiger partial charge < -0.3 is 15.2 Å². The van der Waals surface area contributed by atoms with E-state index in [1.54, 1.807) is 0 Å². The van der Waals surface area contributed by atoms with E-state index in [4.69, 9.17) is 22.1 Å². The lowest BCUT2D eigenvalue weighted by atomic mass is 10.1. The Bertz CT molecular complexity index is 1260. The molecule has 1 heterocycles. The highest BCUT2D eigenvalue weighted by Crippen LogP contribution is 2.26. The molecule has 0 spiro atoms. The van der Waals surface area contributed by atoms with Crippen LogP contribution in [-0.4, -0.2) is 23.6 Å². The maximum atomic E-state index is 13.9. The van der Waals surface area contributed by atoms with Crippen LogP contribution in [0, 0.1) is 11.6 Å². The van der Waals surface area contributed by atoms with Crippen molar-refractivity contribution in [2.75, 3.05) is 7.11 Å². The minimum atomic E-state index is -0.826. The van der Waals surface area contributed by atoms with Gasteiger partial charge in [0.25, 0.3) is 5.56 Å². The molecule has 0 atom stereocenters. The van der Waals surface area contributed by atoms with Crippen molar-refractivity contribution in [2.24, 2.45) is 5.73 Å². The van der Waals surface area contributed by atoms with Crippen LogP contribution in [0.15, 0.2) is 53.3 Å². The topological polar surface area (TPSA) is 101 Å². The summed E-state index contributed by atoms with van der Waals surface area (Å²) in [6.07, 6.45) is -0.328. The lowest BCUT2D eigenvalue weighted by Crippen LogP contribution is -2.25. The van der Waals surface area contributed by atoms with Gasteiger partial charge in [0.2, 0.25) is 5.91 Å². The van der Waals surface area contributed by atoms with E-state index >= 15 is 0 Å². The van der Waals surface area contributed by atoms with Gasteiger partial charge in [-0.05, 0) is 30.3 Å². The van der Waals surface area contributed by atoms with E-state index in [0.29, 0.717) is 6.07 Å². The van der Waals surface area contributed by atoms with Crippen LogP contribution in [0.2, 0.25) is 5.02 Å². The maximum absolute atomic E-state index is 13.9. The van der Waals surface area contributed by atoms with Gasteiger partial charge in [0.05, 0.1) is 13.5 Å². The molecule has 0 saturated carbocycles. The van der Waals surface area contributed by atoms with E-state index in [2.05, 4.69) is 4.74 Å². The predicted molar refractivity (Wildman–Crippen MR) is 112 cm³/mol. The predicted octanol–water partition coefficient (Wildman–Crippen LogP) is 3.16. The minimum absolute atomic E-state index is 0.0373. The number of aromatic nitrogens is 1. The first-order chi connectivity index (χ1) is 15.2. The number of nitrogens with two attached hydrogens (primary N) is 1. The number of nitrogens with zero attached hydrogens (tertiary/aromatic N) is 1. The SMILES string of the molecule is COC(=O)Cc1cc(OCc2ccc(F)cc2F)c(Cl)c(=O)n1-c1cccc(C(N)=O)c1. The highest BCUT2D eigenvalue weighted by atomic mass is 35.5. The molecule has 0 aliphatic heterocycles. The zero-order valence-electron chi connectivity index (χ0n) is 16.7. The largest absolute Gasteiger partial charge is 0.487 e. The van der Waals surface area contributed by atoms with Crippen LogP contribution in [-0.2, 0) is 22.6 Å². The van der Waals surface area contributed by atoms with Crippen LogP contribution in [0.4, 0.5) is 8.78 Å². The van der Waals surface area contributed by atoms with Gasteiger partial charge in [-0.3, -0.25) is 19.0 Å². The van der Waals surface area contributed by atoms with Gasteiger partial charge in [0.15, 0.2) is 0 Å². The number of benzene rings is 2. The van der Waals surface area contributed by atoms with Gasteiger partial charge in [0, 0.05) is 34.6 Å². The average Bonchev–Trinajstić information content (AvgIpc) is 2.76. The Morgan fingerprint density at radius 1 is 1.12 bits per heavy atom. The summed E-state index contributed by atoms with van der Waals surface area (Å²) >= 11 is 6.20. The second-order valence-electron chi connectivity index (χ2n) is 6.65. The van der Waals surface area contributed by atoms with Gasteiger partial charge in [-0.1, -0.05) is 17.7 Å². The summed E-state index contributed by atoms with van der Waals surface area (Å²) in [7, 11) is 1.18. The Morgan fingerprint density at radius 3 is 2.53 bits per heavy atom. The van der Waals surface area contributed by atoms with Crippen LogP contribution in [0.25, 0.3) is 5.69 Å². The van der Waals surface area contributed by atoms with Crippen molar-refractivity contribution in [2.45, 2.75) is 13.0 Å². The fourth-order valence-corrected chi connectivity index (χ4v) is 3.14. The first-order valence-electron chi connectivity index (χ1n) is 9.19. The molecular weight excluding hydrogens is 446 g/mol. The van der Waals surface area contributed by atoms with Crippen molar-refractivity contribution >= 4 is 23.5 Å². The van der Waals surface area contributed by atoms with E-state index in [1.165, 1.54) is 43.5 Å². The standard InChI is InChI=1S/C22H17ClF2N2O5/c1-31-19(28)10-16-9-18(32-11-13-5-6-14(24)8-17(13)25)20(23)22(30)27(16)15-4-2-3-12(7-15)21(26)29/h2-9H,10-11H2,1H3,(H2,26,29). The number of primary amides is 1. The molecular formula is C22H17ClF2N2O5. The summed E-state index contributed by atoms with van der Waals surface area (Å²) < 4.78 is 38.3. The third-order valence-electron chi connectivity index (χ3n) is 4.53. The number of methoxy groups -OCH3 is 1. The van der Waals surface area contributed by atoms with Gasteiger partial charge in [-0.2, -0.15) is 0 Å². The van der Waals surface area contributed by atoms with Gasteiger partial charge in [0.1, 0.15) is 29.0 Å². The van der Waals surface area contributed by atoms with Crippen molar-refractivity contribution in [1.82, 2.24) is 4.57 Å². The molecule has 1 aromatic heterocycles. The molecule has 0 aliphatic carbocycles. The molecule has 32 heavy (non-hydrogen) atoms. The minimum Gasteiger partial charge on any atom is -0.487 e. The molecule has 0 saturated heterocycles. The first kappa shape index (κ1) is 23.0. The van der Waals surface area contributed by atoms with E-state index < -0.39 is 29.1 Å². The summed E-state index contributed by atoms with van der Waals surface area (Å²) in [5, 5.41) is -0.342. The van der Waals surface area contributed by atoms with Crippen LogP contribution in [0.5, 0.6) is 5.75 Å². The number of amides is 1. The van der Waals surface area contributed by atoms with Gasteiger partial charge in [-0.25, -0.2) is 8.78 Å². The first-order valence-corrected chi connectivity index (χ1v) is 9.57. The molecule has 3 rings (SSSR count). The van der Waals surface area contributed by atoms with Crippen molar-refractivity contribution in [1.29, 1.82) is 0 Å². The van der Waals surface area contributed by atoms with E-state index in [-0.39, 0.29) is 46.3 Å². The van der Waals surface area contributed by atoms with Crippen molar-refractivity contribution in [3.63, 3.8) is 0 Å². The lowest BCUT2D eigenvalue weighted by Gasteiger charge is -2.17. The molecule has 3 aromatic rings. The summed E-state index contributed by atoms with van der Waals surface area (Å²) in [6.45, 7) is -0.343. The van der Waals surface area contributed by atoms with E-state index in [0.717, 1.165) is 10.6 Å². The molecule has 1 amide bonds.